The summed E-state index contributed by atoms with van der Waals surface area (Å²) in [6.07, 6.45) is 2.96. The Morgan fingerprint density at radius 3 is 3.00 bits per heavy atom. The molecule has 1 aromatic rings. The highest BCUT2D eigenvalue weighted by Crippen LogP contribution is 2.11. The molecule has 6 nitrogen and oxygen atoms in total. The zero-order valence-corrected chi connectivity index (χ0v) is 10.8. The molecule has 2 rings (SSSR count). The lowest BCUT2D eigenvalue weighted by Crippen LogP contribution is -2.41. The maximum atomic E-state index is 13.2. The minimum atomic E-state index is -0.943. The summed E-state index contributed by atoms with van der Waals surface area (Å²) >= 11 is 0. The van der Waals surface area contributed by atoms with Crippen molar-refractivity contribution in [1.29, 1.82) is 0 Å². The molecule has 0 radical (unpaired) electrons. The first-order chi connectivity index (χ1) is 9.09. The molecule has 0 bridgehead atoms. The van der Waals surface area contributed by atoms with Crippen LogP contribution in [0.3, 0.4) is 0 Å². The second-order valence-corrected chi connectivity index (χ2v) is 4.54. The topological polar surface area (TPSA) is 62.5 Å². The molecule has 7 heteroatoms. The summed E-state index contributed by atoms with van der Waals surface area (Å²) in [7, 11) is 1.40. The van der Waals surface area contributed by atoms with E-state index in [1.165, 1.54) is 7.05 Å². The van der Waals surface area contributed by atoms with E-state index in [1.54, 1.807) is 0 Å². The lowest BCUT2D eigenvalue weighted by molar-refractivity contribution is 0.0143. The number of aromatic nitrogens is 2. The summed E-state index contributed by atoms with van der Waals surface area (Å²) in [4.78, 5) is 23.2. The highest BCUT2D eigenvalue weighted by molar-refractivity contribution is 4.89. The number of rotatable bonds is 5. The lowest BCUT2D eigenvalue weighted by atomic mass is 10.2. The molecule has 0 saturated carbocycles. The standard InChI is InChI=1S/C12H17FN2O4/c1-14-7-10(13)11(16)15(12(14)17)4-6-18-8-9-3-2-5-19-9/h7,9H,2-6,8H2,1H3. The molecule has 1 unspecified atom stereocenters. The van der Waals surface area contributed by atoms with Crippen molar-refractivity contribution in [3.63, 3.8) is 0 Å². The fourth-order valence-corrected chi connectivity index (χ4v) is 2.03. The third-order valence-electron chi connectivity index (χ3n) is 3.08. The maximum absolute atomic E-state index is 13.2. The molecule has 1 aromatic heterocycles. The van der Waals surface area contributed by atoms with Crippen molar-refractivity contribution in [3.8, 4) is 0 Å². The highest BCUT2D eigenvalue weighted by Gasteiger charge is 2.15. The minimum Gasteiger partial charge on any atom is -0.377 e. The van der Waals surface area contributed by atoms with Crippen LogP contribution < -0.4 is 11.2 Å². The highest BCUT2D eigenvalue weighted by atomic mass is 19.1. The Morgan fingerprint density at radius 2 is 2.32 bits per heavy atom. The van der Waals surface area contributed by atoms with Crippen LogP contribution in [-0.4, -0.2) is 35.1 Å². The van der Waals surface area contributed by atoms with E-state index in [2.05, 4.69) is 0 Å². The number of aryl methyl sites for hydroxylation is 1. The molecule has 0 amide bonds. The van der Waals surface area contributed by atoms with E-state index in [9.17, 15) is 14.0 Å². The van der Waals surface area contributed by atoms with Gasteiger partial charge in [0.25, 0.3) is 5.56 Å². The summed E-state index contributed by atoms with van der Waals surface area (Å²) in [5.41, 5.74) is -1.46. The van der Waals surface area contributed by atoms with Crippen molar-refractivity contribution in [2.24, 2.45) is 7.05 Å². The third kappa shape index (κ3) is 3.30. The molecule has 1 saturated heterocycles. The van der Waals surface area contributed by atoms with Crippen molar-refractivity contribution in [3.05, 3.63) is 32.9 Å². The molecule has 106 valence electrons. The number of halogens is 1. The van der Waals surface area contributed by atoms with E-state index in [0.717, 1.165) is 34.8 Å². The lowest BCUT2D eigenvalue weighted by Gasteiger charge is -2.11. The van der Waals surface area contributed by atoms with Crippen molar-refractivity contribution in [1.82, 2.24) is 9.13 Å². The molecule has 1 atom stereocenters. The molecular formula is C12H17FN2O4. The molecule has 0 aromatic carbocycles. The van der Waals surface area contributed by atoms with Crippen LogP contribution in [0.15, 0.2) is 15.8 Å². The van der Waals surface area contributed by atoms with Crippen LogP contribution in [0.4, 0.5) is 4.39 Å². The second kappa shape index (κ2) is 6.12. The van der Waals surface area contributed by atoms with Gasteiger partial charge in [-0.25, -0.2) is 4.79 Å². The normalized spacial score (nSPS) is 18.9. The fraction of sp³-hybridized carbons (Fsp3) is 0.667. The molecular weight excluding hydrogens is 255 g/mol. The smallest absolute Gasteiger partial charge is 0.330 e. The first-order valence-corrected chi connectivity index (χ1v) is 6.25. The summed E-state index contributed by atoms with van der Waals surface area (Å²) in [6.45, 7) is 1.40. The largest absolute Gasteiger partial charge is 0.377 e. The van der Waals surface area contributed by atoms with Gasteiger partial charge < -0.3 is 14.0 Å². The number of ether oxygens (including phenoxy) is 2. The number of hydrogen-bond donors (Lipinski definition) is 0. The van der Waals surface area contributed by atoms with Gasteiger partial charge in [-0.2, -0.15) is 4.39 Å². The predicted octanol–water partition coefficient (Wildman–Crippen LogP) is -0.118. The van der Waals surface area contributed by atoms with Crippen molar-refractivity contribution in [2.45, 2.75) is 25.5 Å². The Kier molecular flexibility index (Phi) is 4.49. The van der Waals surface area contributed by atoms with Crippen LogP contribution in [0, 0.1) is 5.82 Å². The Bertz CT molecular complexity index is 511. The Morgan fingerprint density at radius 1 is 1.53 bits per heavy atom. The Balaban J connectivity index is 1.92. The monoisotopic (exact) mass is 272 g/mol. The van der Waals surface area contributed by atoms with Crippen LogP contribution in [0.2, 0.25) is 0 Å². The zero-order chi connectivity index (χ0) is 13.8. The molecule has 1 aliphatic rings. The van der Waals surface area contributed by atoms with Crippen molar-refractivity contribution in [2.75, 3.05) is 19.8 Å². The van der Waals surface area contributed by atoms with Gasteiger partial charge in [-0.3, -0.25) is 9.36 Å². The van der Waals surface area contributed by atoms with Gasteiger partial charge in [0.1, 0.15) is 0 Å². The molecule has 1 fully saturated rings. The van der Waals surface area contributed by atoms with E-state index in [-0.39, 0.29) is 19.3 Å². The summed E-state index contributed by atoms with van der Waals surface area (Å²) < 4.78 is 25.8. The molecule has 1 aliphatic heterocycles. The Labute approximate surface area is 109 Å². The van der Waals surface area contributed by atoms with Crippen molar-refractivity contribution >= 4 is 0 Å². The average molecular weight is 272 g/mol. The van der Waals surface area contributed by atoms with Crippen LogP contribution in [-0.2, 0) is 23.1 Å². The summed E-state index contributed by atoms with van der Waals surface area (Å²) in [6, 6.07) is 0. The number of hydrogen-bond acceptors (Lipinski definition) is 4. The van der Waals surface area contributed by atoms with Gasteiger partial charge in [-0.1, -0.05) is 0 Å². The van der Waals surface area contributed by atoms with Gasteiger partial charge in [0.15, 0.2) is 0 Å². The van der Waals surface area contributed by atoms with Crippen LogP contribution >= 0.6 is 0 Å². The predicted molar refractivity (Wildman–Crippen MR) is 65.7 cm³/mol. The third-order valence-corrected chi connectivity index (χ3v) is 3.08. The minimum absolute atomic E-state index is 0.0377. The van der Waals surface area contributed by atoms with E-state index in [4.69, 9.17) is 9.47 Å². The molecule has 0 spiro atoms. The van der Waals surface area contributed by atoms with Gasteiger partial charge >= 0.3 is 5.69 Å². The van der Waals surface area contributed by atoms with Gasteiger partial charge in [-0.15, -0.1) is 0 Å². The zero-order valence-electron chi connectivity index (χ0n) is 10.8. The summed E-state index contributed by atoms with van der Waals surface area (Å²) in [5.74, 6) is -0.943. The van der Waals surface area contributed by atoms with Gasteiger partial charge in [-0.05, 0) is 12.8 Å². The van der Waals surface area contributed by atoms with Gasteiger partial charge in [0.2, 0.25) is 5.82 Å². The maximum Gasteiger partial charge on any atom is 0.330 e. The SMILES string of the molecule is Cn1cc(F)c(=O)n(CCOCC2CCCO2)c1=O. The fourth-order valence-electron chi connectivity index (χ4n) is 2.03. The second-order valence-electron chi connectivity index (χ2n) is 4.54. The molecule has 2 heterocycles. The molecule has 0 aliphatic carbocycles. The van der Waals surface area contributed by atoms with E-state index in [0.29, 0.717) is 6.61 Å². The first-order valence-electron chi connectivity index (χ1n) is 6.25. The number of nitrogens with zero attached hydrogens (tertiary/aromatic N) is 2. The molecule has 19 heavy (non-hydrogen) atoms. The van der Waals surface area contributed by atoms with Gasteiger partial charge in [0.05, 0.1) is 25.9 Å². The Hall–Kier alpha value is -1.47. The van der Waals surface area contributed by atoms with Crippen LogP contribution in [0.1, 0.15) is 12.8 Å². The van der Waals surface area contributed by atoms with Crippen LogP contribution in [0.5, 0.6) is 0 Å². The van der Waals surface area contributed by atoms with E-state index < -0.39 is 17.1 Å². The molecule has 0 N–H and O–H groups in total. The van der Waals surface area contributed by atoms with Crippen molar-refractivity contribution < 1.29 is 13.9 Å². The quantitative estimate of drug-likeness (QED) is 0.701. The van der Waals surface area contributed by atoms with E-state index >= 15 is 0 Å². The summed E-state index contributed by atoms with van der Waals surface area (Å²) in [5, 5.41) is 0. The average Bonchev–Trinajstić information content (AvgIpc) is 2.89. The van der Waals surface area contributed by atoms with Gasteiger partial charge in [0, 0.05) is 19.9 Å². The van der Waals surface area contributed by atoms with E-state index in [1.807, 2.05) is 0 Å². The van der Waals surface area contributed by atoms with Crippen LogP contribution in [0.25, 0.3) is 0 Å². The first kappa shape index (κ1) is 14.0.